The fraction of sp³-hybridized carbons (Fsp3) is 0.158. The van der Waals surface area contributed by atoms with Crippen molar-refractivity contribution in [2.75, 3.05) is 18.5 Å². The highest BCUT2D eigenvalue weighted by Gasteiger charge is 2.15. The predicted octanol–water partition coefficient (Wildman–Crippen LogP) is 2.82. The monoisotopic (exact) mass is 448 g/mol. The number of urea groups is 1. The molecule has 0 aliphatic carbocycles. The molecule has 0 fully saturated rings. The molecule has 1 aromatic heterocycles. The highest BCUT2D eigenvalue weighted by atomic mass is 35.5. The molecular weight excluding hydrogens is 435 g/mol. The number of anilines is 1. The molecule has 0 bridgehead atoms. The lowest BCUT2D eigenvalue weighted by Gasteiger charge is -2.19. The first-order valence-electron chi connectivity index (χ1n) is 8.75. The minimum atomic E-state index is -0.760. The molecular formula is C19H14Cl2N4O5. The molecule has 1 aliphatic heterocycles. The topological polar surface area (TPSA) is 112 Å². The molecule has 2 aromatic carbocycles. The summed E-state index contributed by atoms with van der Waals surface area (Å²) in [5, 5.41) is 5.35. The van der Waals surface area contributed by atoms with Crippen molar-refractivity contribution >= 4 is 51.7 Å². The third-order valence-corrected chi connectivity index (χ3v) is 4.72. The second kappa shape index (κ2) is 8.21. The van der Waals surface area contributed by atoms with Gasteiger partial charge in [0, 0.05) is 16.8 Å². The van der Waals surface area contributed by atoms with Gasteiger partial charge in [-0.1, -0.05) is 23.2 Å². The number of halogens is 2. The first-order valence-corrected chi connectivity index (χ1v) is 9.51. The zero-order valence-electron chi connectivity index (χ0n) is 15.3. The van der Waals surface area contributed by atoms with Crippen molar-refractivity contribution in [2.24, 2.45) is 0 Å². The lowest BCUT2D eigenvalue weighted by Crippen LogP contribution is -2.38. The Kier molecular flexibility index (Phi) is 5.47. The van der Waals surface area contributed by atoms with Crippen molar-refractivity contribution in [1.82, 2.24) is 14.9 Å². The lowest BCUT2D eigenvalue weighted by molar-refractivity contribution is -0.120. The fourth-order valence-electron chi connectivity index (χ4n) is 2.91. The van der Waals surface area contributed by atoms with Crippen LogP contribution in [0.25, 0.3) is 10.9 Å². The summed E-state index contributed by atoms with van der Waals surface area (Å²) in [5.41, 5.74) is 0.184. The Morgan fingerprint density at radius 2 is 1.87 bits per heavy atom. The highest BCUT2D eigenvalue weighted by molar-refractivity contribution is 6.38. The number of hydrogen-bond donors (Lipinski definition) is 2. The second-order valence-corrected chi connectivity index (χ2v) is 7.17. The molecule has 9 nitrogen and oxygen atoms in total. The Hall–Kier alpha value is -3.30. The van der Waals surface area contributed by atoms with Crippen LogP contribution in [0.1, 0.15) is 0 Å². The largest absolute Gasteiger partial charge is 0.486 e. The molecule has 0 unspecified atom stereocenters. The fourth-order valence-corrected chi connectivity index (χ4v) is 3.45. The summed E-state index contributed by atoms with van der Waals surface area (Å²) in [4.78, 5) is 41.0. The SMILES string of the molecule is O=C(Cn1cnc2c(Cl)cc(Cl)cc2c1=O)NC(=O)Nc1ccc2c(c1)OCCO2. The van der Waals surface area contributed by atoms with Gasteiger partial charge in [-0.2, -0.15) is 0 Å². The van der Waals surface area contributed by atoms with Gasteiger partial charge in [0.2, 0.25) is 5.91 Å². The summed E-state index contributed by atoms with van der Waals surface area (Å²) in [5.74, 6) is 0.365. The number of rotatable bonds is 3. The molecule has 4 rings (SSSR count). The summed E-state index contributed by atoms with van der Waals surface area (Å²) in [7, 11) is 0. The average molecular weight is 449 g/mol. The molecule has 154 valence electrons. The van der Waals surface area contributed by atoms with Gasteiger partial charge < -0.3 is 14.8 Å². The van der Waals surface area contributed by atoms with E-state index >= 15 is 0 Å². The number of benzene rings is 2. The smallest absolute Gasteiger partial charge is 0.325 e. The summed E-state index contributed by atoms with van der Waals surface area (Å²) < 4.78 is 11.9. The maximum absolute atomic E-state index is 12.6. The number of hydrogen-bond acceptors (Lipinski definition) is 6. The third-order valence-electron chi connectivity index (χ3n) is 4.21. The number of ether oxygens (including phenoxy) is 2. The summed E-state index contributed by atoms with van der Waals surface area (Å²) >= 11 is 12.0. The normalized spacial score (nSPS) is 12.5. The zero-order valence-corrected chi connectivity index (χ0v) is 16.8. The van der Waals surface area contributed by atoms with Crippen LogP contribution in [0.2, 0.25) is 10.0 Å². The number of aromatic nitrogens is 2. The van der Waals surface area contributed by atoms with E-state index in [9.17, 15) is 14.4 Å². The van der Waals surface area contributed by atoms with E-state index in [4.69, 9.17) is 32.7 Å². The molecule has 2 heterocycles. The minimum Gasteiger partial charge on any atom is -0.486 e. The van der Waals surface area contributed by atoms with Crippen molar-refractivity contribution in [3.8, 4) is 11.5 Å². The predicted molar refractivity (Wildman–Crippen MR) is 111 cm³/mol. The van der Waals surface area contributed by atoms with Crippen LogP contribution in [0.3, 0.4) is 0 Å². The van der Waals surface area contributed by atoms with Gasteiger partial charge in [0.15, 0.2) is 11.5 Å². The van der Waals surface area contributed by atoms with Gasteiger partial charge >= 0.3 is 6.03 Å². The number of carbonyl (C=O) groups excluding carboxylic acids is 2. The molecule has 0 saturated heterocycles. The minimum absolute atomic E-state index is 0.170. The van der Waals surface area contributed by atoms with Crippen molar-refractivity contribution < 1.29 is 19.1 Å². The Balaban J connectivity index is 1.44. The molecule has 1 aliphatic rings. The number of amides is 3. The highest BCUT2D eigenvalue weighted by Crippen LogP contribution is 2.32. The molecule has 3 amide bonds. The molecule has 0 radical (unpaired) electrons. The maximum atomic E-state index is 12.6. The van der Waals surface area contributed by atoms with Crippen LogP contribution in [0, 0.1) is 0 Å². The van der Waals surface area contributed by atoms with E-state index in [1.165, 1.54) is 18.5 Å². The Morgan fingerprint density at radius 3 is 2.67 bits per heavy atom. The van der Waals surface area contributed by atoms with E-state index in [0.717, 1.165) is 4.57 Å². The molecule has 3 aromatic rings. The summed E-state index contributed by atoms with van der Waals surface area (Å²) in [6, 6.07) is 6.98. The number of imide groups is 1. The second-order valence-electron chi connectivity index (χ2n) is 6.32. The van der Waals surface area contributed by atoms with E-state index in [1.807, 2.05) is 0 Å². The van der Waals surface area contributed by atoms with Gasteiger partial charge in [-0.15, -0.1) is 0 Å². The van der Waals surface area contributed by atoms with E-state index in [1.54, 1.807) is 18.2 Å². The number of fused-ring (bicyclic) bond motifs is 2. The van der Waals surface area contributed by atoms with Crippen LogP contribution in [0.4, 0.5) is 10.5 Å². The van der Waals surface area contributed by atoms with Crippen molar-refractivity contribution in [1.29, 1.82) is 0 Å². The van der Waals surface area contributed by atoms with E-state index in [2.05, 4.69) is 15.6 Å². The maximum Gasteiger partial charge on any atom is 0.325 e. The Morgan fingerprint density at radius 1 is 1.10 bits per heavy atom. The van der Waals surface area contributed by atoms with Gasteiger partial charge in [0.1, 0.15) is 19.8 Å². The van der Waals surface area contributed by atoms with Crippen LogP contribution in [-0.2, 0) is 11.3 Å². The average Bonchev–Trinajstić information content (AvgIpc) is 2.70. The molecule has 30 heavy (non-hydrogen) atoms. The summed E-state index contributed by atoms with van der Waals surface area (Å²) in [6.45, 7) is 0.447. The van der Waals surface area contributed by atoms with Crippen molar-refractivity contribution in [3.05, 3.63) is 57.1 Å². The quantitative estimate of drug-likeness (QED) is 0.636. The number of nitrogens with zero attached hydrogens (tertiary/aromatic N) is 2. The first kappa shape index (κ1) is 20.0. The van der Waals surface area contributed by atoms with Crippen LogP contribution in [-0.4, -0.2) is 34.7 Å². The van der Waals surface area contributed by atoms with E-state index < -0.39 is 24.0 Å². The molecule has 0 spiro atoms. The molecule has 0 saturated carbocycles. The van der Waals surface area contributed by atoms with E-state index in [0.29, 0.717) is 30.4 Å². The first-order chi connectivity index (χ1) is 14.4. The van der Waals surface area contributed by atoms with Crippen LogP contribution in [0.5, 0.6) is 11.5 Å². The van der Waals surface area contributed by atoms with Gasteiger partial charge in [0.25, 0.3) is 5.56 Å². The van der Waals surface area contributed by atoms with Crippen LogP contribution < -0.4 is 25.7 Å². The van der Waals surface area contributed by atoms with Gasteiger partial charge in [-0.05, 0) is 24.3 Å². The van der Waals surface area contributed by atoms with E-state index in [-0.39, 0.29) is 20.9 Å². The zero-order chi connectivity index (χ0) is 21.3. The Labute approximate surface area is 179 Å². The van der Waals surface area contributed by atoms with Crippen LogP contribution >= 0.6 is 23.2 Å². The standard InChI is InChI=1S/C19H14Cl2N4O5/c20-10-5-12-17(13(21)6-10)22-9-25(18(12)27)8-16(26)24-19(28)23-11-1-2-14-15(7-11)30-4-3-29-14/h1-2,5-7,9H,3-4,8H2,(H2,23,24,26,28). The van der Waals surface area contributed by atoms with Crippen molar-refractivity contribution in [3.63, 3.8) is 0 Å². The number of carbonyl (C=O) groups is 2. The Bertz CT molecular complexity index is 1230. The van der Waals surface area contributed by atoms with Gasteiger partial charge in [-0.25, -0.2) is 9.78 Å². The summed E-state index contributed by atoms with van der Waals surface area (Å²) in [6.07, 6.45) is 1.18. The number of nitrogens with one attached hydrogen (secondary N) is 2. The molecule has 11 heteroatoms. The lowest BCUT2D eigenvalue weighted by atomic mass is 10.2. The molecule has 2 N–H and O–H groups in total. The van der Waals surface area contributed by atoms with Crippen LogP contribution in [0.15, 0.2) is 41.5 Å². The molecule has 0 atom stereocenters. The van der Waals surface area contributed by atoms with Crippen molar-refractivity contribution in [2.45, 2.75) is 6.54 Å². The van der Waals surface area contributed by atoms with Gasteiger partial charge in [-0.3, -0.25) is 19.5 Å². The third kappa shape index (κ3) is 4.17. The van der Waals surface area contributed by atoms with Gasteiger partial charge in [0.05, 0.1) is 22.3 Å².